The van der Waals surface area contributed by atoms with Gasteiger partial charge >= 0.3 is 0 Å². The Bertz CT molecular complexity index is 1540. The Hall–Kier alpha value is -4.45. The highest BCUT2D eigenvalue weighted by Gasteiger charge is 2.28. The molecule has 38 heavy (non-hydrogen) atoms. The van der Waals surface area contributed by atoms with Gasteiger partial charge in [0.05, 0.1) is 24.4 Å². The standard InChI is InChI=1S/C32H31N5O/c1-38-27-19-17-23(18-20-27)21-35-36-31-29-28(24-11-5-2-6-12-24)30(25-13-7-3-8-14-25)37(32(29)34-22-33-31)26-15-9-4-10-16-26/h2-3,5-8,11-14,17-22,26H,4,9-10,15-16H2,1H3,(H,33,34,36)/b35-21+. The smallest absolute Gasteiger partial charge is 0.159 e. The van der Waals surface area contributed by atoms with Crippen molar-refractivity contribution in [1.29, 1.82) is 0 Å². The second-order valence-corrected chi connectivity index (χ2v) is 9.68. The lowest BCUT2D eigenvalue weighted by atomic mass is 9.94. The maximum absolute atomic E-state index is 5.27. The van der Waals surface area contributed by atoms with Crippen LogP contribution < -0.4 is 10.2 Å². The zero-order valence-electron chi connectivity index (χ0n) is 21.5. The van der Waals surface area contributed by atoms with Gasteiger partial charge in [-0.1, -0.05) is 79.9 Å². The number of hydrazone groups is 1. The van der Waals surface area contributed by atoms with Gasteiger partial charge in [0.1, 0.15) is 17.7 Å². The molecule has 0 amide bonds. The molecular formula is C32H31N5O. The molecular weight excluding hydrogens is 470 g/mol. The quantitative estimate of drug-likeness (QED) is 0.183. The van der Waals surface area contributed by atoms with Crippen LogP contribution in [0.15, 0.2) is 96.4 Å². The van der Waals surface area contributed by atoms with Crippen molar-refractivity contribution in [3.63, 3.8) is 0 Å². The molecule has 2 heterocycles. The predicted molar refractivity (Wildman–Crippen MR) is 155 cm³/mol. The summed E-state index contributed by atoms with van der Waals surface area (Å²) in [5.74, 6) is 1.52. The van der Waals surface area contributed by atoms with Crippen LogP contribution in [-0.4, -0.2) is 27.9 Å². The highest BCUT2D eigenvalue weighted by atomic mass is 16.5. The molecule has 0 saturated heterocycles. The van der Waals surface area contributed by atoms with Crippen molar-refractivity contribution in [3.05, 3.63) is 96.8 Å². The largest absolute Gasteiger partial charge is 0.497 e. The average molecular weight is 502 g/mol. The van der Waals surface area contributed by atoms with E-state index in [2.05, 4.69) is 80.7 Å². The van der Waals surface area contributed by atoms with Crippen LogP contribution in [0.25, 0.3) is 33.4 Å². The monoisotopic (exact) mass is 501 g/mol. The van der Waals surface area contributed by atoms with Crippen molar-refractivity contribution in [1.82, 2.24) is 14.5 Å². The molecule has 6 rings (SSSR count). The van der Waals surface area contributed by atoms with Crippen LogP contribution in [0.5, 0.6) is 5.75 Å². The van der Waals surface area contributed by atoms with E-state index in [9.17, 15) is 0 Å². The lowest BCUT2D eigenvalue weighted by Gasteiger charge is -2.26. The van der Waals surface area contributed by atoms with Crippen LogP contribution in [-0.2, 0) is 0 Å². The first-order valence-electron chi connectivity index (χ1n) is 13.3. The molecule has 0 atom stereocenters. The Morgan fingerprint density at radius 1 is 0.842 bits per heavy atom. The highest BCUT2D eigenvalue weighted by molar-refractivity contribution is 6.08. The first-order chi connectivity index (χ1) is 18.8. The van der Waals surface area contributed by atoms with E-state index in [-0.39, 0.29) is 0 Å². The van der Waals surface area contributed by atoms with Gasteiger partial charge < -0.3 is 9.30 Å². The number of methoxy groups -OCH3 is 1. The van der Waals surface area contributed by atoms with Crippen LogP contribution >= 0.6 is 0 Å². The van der Waals surface area contributed by atoms with Crippen molar-refractivity contribution in [2.24, 2.45) is 5.10 Å². The normalized spacial score (nSPS) is 14.2. The number of nitrogens with zero attached hydrogens (tertiary/aromatic N) is 4. The third-order valence-corrected chi connectivity index (χ3v) is 7.33. The van der Waals surface area contributed by atoms with Crippen molar-refractivity contribution >= 4 is 23.1 Å². The molecule has 1 aliphatic rings. The molecule has 0 bridgehead atoms. The summed E-state index contributed by atoms with van der Waals surface area (Å²) in [5, 5.41) is 5.56. The number of hydrogen-bond acceptors (Lipinski definition) is 5. The summed E-state index contributed by atoms with van der Waals surface area (Å²) >= 11 is 0. The van der Waals surface area contributed by atoms with Crippen LogP contribution in [0.2, 0.25) is 0 Å². The van der Waals surface area contributed by atoms with E-state index in [4.69, 9.17) is 9.72 Å². The van der Waals surface area contributed by atoms with Crippen molar-refractivity contribution in [3.8, 4) is 28.1 Å². The Kier molecular flexibility index (Phi) is 6.85. The van der Waals surface area contributed by atoms with Crippen molar-refractivity contribution in [2.75, 3.05) is 12.5 Å². The molecule has 0 radical (unpaired) electrons. The number of nitrogens with one attached hydrogen (secondary N) is 1. The van der Waals surface area contributed by atoms with Gasteiger partial charge in [-0.15, -0.1) is 0 Å². The molecule has 1 aliphatic carbocycles. The van der Waals surface area contributed by atoms with Crippen molar-refractivity contribution < 1.29 is 4.74 Å². The predicted octanol–water partition coefficient (Wildman–Crippen LogP) is 7.73. The fourth-order valence-corrected chi connectivity index (χ4v) is 5.54. The third-order valence-electron chi connectivity index (χ3n) is 7.33. The fourth-order valence-electron chi connectivity index (χ4n) is 5.54. The minimum absolute atomic E-state index is 0.393. The first-order valence-corrected chi connectivity index (χ1v) is 13.3. The number of ether oxygens (including phenoxy) is 1. The van der Waals surface area contributed by atoms with Crippen LogP contribution in [0.1, 0.15) is 43.7 Å². The number of benzene rings is 3. The topological polar surface area (TPSA) is 64.3 Å². The Labute approximate surface area is 223 Å². The van der Waals surface area contributed by atoms with Gasteiger partial charge in [0.25, 0.3) is 0 Å². The lowest BCUT2D eigenvalue weighted by Crippen LogP contribution is -2.14. The summed E-state index contributed by atoms with van der Waals surface area (Å²) in [7, 11) is 1.67. The Morgan fingerprint density at radius 2 is 1.53 bits per heavy atom. The number of rotatable bonds is 7. The summed E-state index contributed by atoms with van der Waals surface area (Å²) < 4.78 is 7.75. The molecule has 0 spiro atoms. The number of hydrogen-bond donors (Lipinski definition) is 1. The molecule has 1 saturated carbocycles. The van der Waals surface area contributed by atoms with E-state index < -0.39 is 0 Å². The van der Waals surface area contributed by atoms with Gasteiger partial charge in [-0.05, 0) is 53.8 Å². The number of aromatic nitrogens is 3. The Morgan fingerprint density at radius 3 is 2.21 bits per heavy atom. The maximum atomic E-state index is 5.27. The summed E-state index contributed by atoms with van der Waals surface area (Å²) in [4.78, 5) is 9.56. The molecule has 3 aromatic carbocycles. The fraction of sp³-hybridized carbons (Fsp3) is 0.219. The van der Waals surface area contributed by atoms with Gasteiger partial charge in [0, 0.05) is 11.6 Å². The molecule has 6 nitrogen and oxygen atoms in total. The van der Waals surface area contributed by atoms with E-state index in [1.807, 2.05) is 24.3 Å². The average Bonchev–Trinajstić information content (AvgIpc) is 3.35. The minimum Gasteiger partial charge on any atom is -0.497 e. The Balaban J connectivity index is 1.54. The SMILES string of the molecule is COc1ccc(/C=N/Nc2ncnc3c2c(-c2ccccc2)c(-c2ccccc2)n3C2CCCCC2)cc1. The van der Waals surface area contributed by atoms with E-state index in [0.29, 0.717) is 11.9 Å². The van der Waals surface area contributed by atoms with E-state index >= 15 is 0 Å². The van der Waals surface area contributed by atoms with Gasteiger partial charge in [-0.3, -0.25) is 5.43 Å². The van der Waals surface area contributed by atoms with E-state index in [0.717, 1.165) is 46.3 Å². The second kappa shape index (κ2) is 10.9. The zero-order valence-corrected chi connectivity index (χ0v) is 21.5. The van der Waals surface area contributed by atoms with E-state index in [1.165, 1.54) is 30.5 Å². The molecule has 190 valence electrons. The maximum Gasteiger partial charge on any atom is 0.159 e. The van der Waals surface area contributed by atoms with Gasteiger partial charge in [-0.2, -0.15) is 5.10 Å². The molecule has 2 aromatic heterocycles. The summed E-state index contributed by atoms with van der Waals surface area (Å²) in [6, 6.07) is 29.4. The third kappa shape index (κ3) is 4.65. The van der Waals surface area contributed by atoms with Crippen LogP contribution in [0.4, 0.5) is 5.82 Å². The first kappa shape index (κ1) is 23.9. The van der Waals surface area contributed by atoms with Gasteiger partial charge in [0.15, 0.2) is 5.82 Å². The van der Waals surface area contributed by atoms with Gasteiger partial charge in [0.2, 0.25) is 0 Å². The zero-order chi connectivity index (χ0) is 25.7. The highest BCUT2D eigenvalue weighted by Crippen LogP contribution is 2.46. The number of fused-ring (bicyclic) bond motifs is 1. The molecule has 0 aliphatic heterocycles. The van der Waals surface area contributed by atoms with Crippen LogP contribution in [0.3, 0.4) is 0 Å². The van der Waals surface area contributed by atoms with E-state index in [1.54, 1.807) is 19.7 Å². The summed E-state index contributed by atoms with van der Waals surface area (Å²) in [5.41, 5.74) is 9.82. The molecule has 1 N–H and O–H groups in total. The molecule has 6 heteroatoms. The summed E-state index contributed by atoms with van der Waals surface area (Å²) in [6.45, 7) is 0. The molecule has 0 unspecified atom stereocenters. The molecule has 1 fully saturated rings. The van der Waals surface area contributed by atoms with Crippen molar-refractivity contribution in [2.45, 2.75) is 38.1 Å². The summed E-state index contributed by atoms with van der Waals surface area (Å²) in [6.07, 6.45) is 9.52. The lowest BCUT2D eigenvalue weighted by molar-refractivity contribution is 0.362. The molecule has 5 aromatic rings. The number of anilines is 1. The second-order valence-electron chi connectivity index (χ2n) is 9.68. The van der Waals surface area contributed by atoms with Crippen LogP contribution in [0, 0.1) is 0 Å². The minimum atomic E-state index is 0.393. The van der Waals surface area contributed by atoms with Gasteiger partial charge in [-0.25, -0.2) is 9.97 Å².